The summed E-state index contributed by atoms with van der Waals surface area (Å²) >= 11 is 0. The summed E-state index contributed by atoms with van der Waals surface area (Å²) in [7, 11) is 0. The Balaban J connectivity index is 2.14. The van der Waals surface area contributed by atoms with Gasteiger partial charge in [-0.2, -0.15) is 0 Å². The maximum atomic E-state index is 6.35. The van der Waals surface area contributed by atoms with E-state index in [9.17, 15) is 0 Å². The van der Waals surface area contributed by atoms with Gasteiger partial charge in [-0.25, -0.2) is 0 Å². The van der Waals surface area contributed by atoms with Crippen molar-refractivity contribution in [2.24, 2.45) is 5.73 Å². The van der Waals surface area contributed by atoms with Crippen molar-refractivity contribution in [1.29, 1.82) is 0 Å². The highest BCUT2D eigenvalue weighted by molar-refractivity contribution is 5.82. The molecule has 2 aromatic heterocycles. The fourth-order valence-corrected chi connectivity index (χ4v) is 2.28. The number of pyridine rings is 2. The third-order valence-corrected chi connectivity index (χ3v) is 3.23. The Morgan fingerprint density at radius 2 is 1.79 bits per heavy atom. The van der Waals surface area contributed by atoms with Crippen molar-refractivity contribution in [2.75, 3.05) is 0 Å². The molecule has 3 rings (SSSR count). The second-order valence-electron chi connectivity index (χ2n) is 4.60. The lowest BCUT2D eigenvalue weighted by Crippen LogP contribution is -2.14. The zero-order chi connectivity index (χ0) is 13.2. The Hall–Kier alpha value is -2.26. The average Bonchev–Trinajstić information content (AvgIpc) is 2.46. The molecule has 1 aromatic carbocycles. The van der Waals surface area contributed by atoms with Gasteiger partial charge in [-0.1, -0.05) is 30.3 Å². The smallest absolute Gasteiger partial charge is 0.0753 e. The summed E-state index contributed by atoms with van der Waals surface area (Å²) in [4.78, 5) is 8.95. The van der Waals surface area contributed by atoms with Gasteiger partial charge in [-0.15, -0.1) is 0 Å². The predicted molar refractivity (Wildman–Crippen MR) is 76.7 cm³/mol. The number of nitrogens with zero attached hydrogens (tertiary/aromatic N) is 2. The van der Waals surface area contributed by atoms with Gasteiger partial charge < -0.3 is 5.73 Å². The van der Waals surface area contributed by atoms with Crippen LogP contribution in [0.15, 0.2) is 54.7 Å². The van der Waals surface area contributed by atoms with Crippen LogP contribution in [0.4, 0.5) is 0 Å². The largest absolute Gasteiger partial charge is 0.319 e. The molecule has 0 radical (unpaired) electrons. The van der Waals surface area contributed by atoms with Gasteiger partial charge in [-0.05, 0) is 25.1 Å². The zero-order valence-corrected chi connectivity index (χ0v) is 10.7. The van der Waals surface area contributed by atoms with Crippen molar-refractivity contribution in [3.8, 4) is 0 Å². The minimum absolute atomic E-state index is 0.251. The van der Waals surface area contributed by atoms with Crippen LogP contribution in [0.3, 0.4) is 0 Å². The highest BCUT2D eigenvalue weighted by atomic mass is 14.8. The van der Waals surface area contributed by atoms with E-state index in [1.807, 2.05) is 55.5 Å². The predicted octanol–water partition coefficient (Wildman–Crippen LogP) is 2.99. The molecule has 0 amide bonds. The summed E-state index contributed by atoms with van der Waals surface area (Å²) in [5, 5.41) is 1.10. The van der Waals surface area contributed by atoms with Crippen molar-refractivity contribution in [3.63, 3.8) is 0 Å². The Labute approximate surface area is 112 Å². The Morgan fingerprint density at radius 3 is 2.63 bits per heavy atom. The van der Waals surface area contributed by atoms with E-state index in [0.29, 0.717) is 0 Å². The lowest BCUT2D eigenvalue weighted by molar-refractivity contribution is 0.826. The average molecular weight is 249 g/mol. The van der Waals surface area contributed by atoms with E-state index < -0.39 is 0 Å². The maximum absolute atomic E-state index is 6.35. The van der Waals surface area contributed by atoms with Crippen LogP contribution in [0.25, 0.3) is 10.9 Å². The molecule has 0 saturated heterocycles. The molecule has 0 aliphatic heterocycles. The zero-order valence-electron chi connectivity index (χ0n) is 10.7. The van der Waals surface area contributed by atoms with Gasteiger partial charge in [0.2, 0.25) is 0 Å². The molecule has 94 valence electrons. The highest BCUT2D eigenvalue weighted by Gasteiger charge is 2.13. The SMILES string of the molecule is Cc1cccc(C(N)c2cccc3cccnc23)n1. The van der Waals surface area contributed by atoms with Gasteiger partial charge in [0.1, 0.15) is 0 Å². The molecule has 3 aromatic rings. The number of nitrogens with two attached hydrogens (primary N) is 1. The molecule has 2 N–H and O–H groups in total. The fraction of sp³-hybridized carbons (Fsp3) is 0.125. The summed E-state index contributed by atoms with van der Waals surface area (Å²) in [5.74, 6) is 0. The van der Waals surface area contributed by atoms with E-state index >= 15 is 0 Å². The maximum Gasteiger partial charge on any atom is 0.0753 e. The van der Waals surface area contributed by atoms with Gasteiger partial charge in [0, 0.05) is 22.8 Å². The first-order valence-electron chi connectivity index (χ1n) is 6.28. The van der Waals surface area contributed by atoms with Gasteiger partial charge in [0.05, 0.1) is 17.3 Å². The molecular weight excluding hydrogens is 234 g/mol. The third kappa shape index (κ3) is 2.20. The van der Waals surface area contributed by atoms with Gasteiger partial charge in [0.25, 0.3) is 0 Å². The number of benzene rings is 1. The standard InChI is InChI=1S/C16H15N3/c1-11-5-2-9-14(19-11)15(17)13-8-3-6-12-7-4-10-18-16(12)13/h2-10,15H,17H2,1H3. The van der Waals surface area contributed by atoms with Gasteiger partial charge >= 0.3 is 0 Å². The van der Waals surface area contributed by atoms with E-state index in [0.717, 1.165) is 27.9 Å². The summed E-state index contributed by atoms with van der Waals surface area (Å²) in [6.45, 7) is 1.97. The number of aromatic nitrogens is 2. The molecule has 3 heteroatoms. The molecule has 0 bridgehead atoms. The lowest BCUT2D eigenvalue weighted by Gasteiger charge is -2.14. The first-order valence-corrected chi connectivity index (χ1v) is 6.28. The fourth-order valence-electron chi connectivity index (χ4n) is 2.28. The Morgan fingerprint density at radius 1 is 1.00 bits per heavy atom. The Bertz CT molecular complexity index is 717. The Kier molecular flexibility index (Phi) is 2.97. The van der Waals surface area contributed by atoms with Crippen molar-refractivity contribution < 1.29 is 0 Å². The van der Waals surface area contributed by atoms with Crippen LogP contribution in [0.1, 0.15) is 23.0 Å². The van der Waals surface area contributed by atoms with Crippen LogP contribution in [0.5, 0.6) is 0 Å². The van der Waals surface area contributed by atoms with Gasteiger partial charge in [-0.3, -0.25) is 9.97 Å². The lowest BCUT2D eigenvalue weighted by atomic mass is 10.0. The van der Waals surface area contributed by atoms with Crippen molar-refractivity contribution in [3.05, 3.63) is 71.7 Å². The summed E-state index contributed by atoms with van der Waals surface area (Å²) in [5.41, 5.74) is 10.2. The molecule has 1 atom stereocenters. The molecule has 2 heterocycles. The minimum atomic E-state index is -0.251. The second-order valence-corrected chi connectivity index (χ2v) is 4.60. The van der Waals surface area contributed by atoms with E-state index in [1.54, 1.807) is 6.20 Å². The molecule has 0 aliphatic carbocycles. The first kappa shape index (κ1) is 11.8. The van der Waals surface area contributed by atoms with Crippen LogP contribution in [0, 0.1) is 6.92 Å². The van der Waals surface area contributed by atoms with Crippen molar-refractivity contribution in [1.82, 2.24) is 9.97 Å². The molecular formula is C16H15N3. The van der Waals surface area contributed by atoms with Crippen LogP contribution in [-0.2, 0) is 0 Å². The van der Waals surface area contributed by atoms with E-state index in [1.165, 1.54) is 0 Å². The molecule has 0 saturated carbocycles. The summed E-state index contributed by atoms with van der Waals surface area (Å²) in [6.07, 6.45) is 1.79. The third-order valence-electron chi connectivity index (χ3n) is 3.23. The second kappa shape index (κ2) is 4.78. The number of fused-ring (bicyclic) bond motifs is 1. The molecule has 0 spiro atoms. The van der Waals surface area contributed by atoms with E-state index in [4.69, 9.17) is 5.73 Å². The van der Waals surface area contributed by atoms with Crippen LogP contribution in [-0.4, -0.2) is 9.97 Å². The van der Waals surface area contributed by atoms with E-state index in [2.05, 4.69) is 9.97 Å². The minimum Gasteiger partial charge on any atom is -0.319 e. The number of para-hydroxylation sites is 1. The molecule has 3 nitrogen and oxygen atoms in total. The monoisotopic (exact) mass is 249 g/mol. The van der Waals surface area contributed by atoms with Crippen molar-refractivity contribution >= 4 is 10.9 Å². The number of aryl methyl sites for hydroxylation is 1. The molecule has 0 fully saturated rings. The van der Waals surface area contributed by atoms with Gasteiger partial charge in [0.15, 0.2) is 0 Å². The van der Waals surface area contributed by atoms with Crippen LogP contribution < -0.4 is 5.73 Å². The van der Waals surface area contributed by atoms with E-state index in [-0.39, 0.29) is 6.04 Å². The topological polar surface area (TPSA) is 51.8 Å². The number of rotatable bonds is 2. The van der Waals surface area contributed by atoms with Crippen LogP contribution in [0.2, 0.25) is 0 Å². The molecule has 1 unspecified atom stereocenters. The number of hydrogen-bond donors (Lipinski definition) is 1. The summed E-state index contributed by atoms with van der Waals surface area (Å²) in [6, 6.07) is 15.7. The highest BCUT2D eigenvalue weighted by Crippen LogP contribution is 2.24. The molecule has 0 aliphatic rings. The first-order chi connectivity index (χ1) is 9.25. The molecule has 19 heavy (non-hydrogen) atoms. The van der Waals surface area contributed by atoms with Crippen LogP contribution >= 0.6 is 0 Å². The quantitative estimate of drug-likeness (QED) is 0.759. The van der Waals surface area contributed by atoms with Crippen molar-refractivity contribution in [2.45, 2.75) is 13.0 Å². The normalized spacial score (nSPS) is 12.5. The summed E-state index contributed by atoms with van der Waals surface area (Å²) < 4.78 is 0. The number of hydrogen-bond acceptors (Lipinski definition) is 3.